The van der Waals surface area contributed by atoms with Crippen molar-refractivity contribution in [1.82, 2.24) is 4.98 Å². The van der Waals surface area contributed by atoms with Crippen LogP contribution in [0.4, 0.5) is 20.2 Å². The summed E-state index contributed by atoms with van der Waals surface area (Å²) in [6.07, 6.45) is 0. The third-order valence-corrected chi connectivity index (χ3v) is 4.38. The van der Waals surface area contributed by atoms with Crippen molar-refractivity contribution >= 4 is 22.5 Å². The summed E-state index contributed by atoms with van der Waals surface area (Å²) in [5.74, 6) is -0.0169. The minimum atomic E-state index is -0.310. The number of fused-ring (bicyclic) bond motifs is 1. The van der Waals surface area contributed by atoms with E-state index >= 15 is 0 Å². The lowest BCUT2D eigenvalue weighted by molar-refractivity contribution is 0.558. The van der Waals surface area contributed by atoms with Gasteiger partial charge >= 0.3 is 0 Å². The van der Waals surface area contributed by atoms with E-state index in [-0.39, 0.29) is 11.6 Å². The van der Waals surface area contributed by atoms with Gasteiger partial charge in [-0.1, -0.05) is 12.1 Å². The lowest BCUT2D eigenvalue weighted by Gasteiger charge is -2.37. The molecule has 0 bridgehead atoms. The van der Waals surface area contributed by atoms with Crippen LogP contribution in [0.25, 0.3) is 11.1 Å². The molecule has 0 unspecified atom stereocenters. The van der Waals surface area contributed by atoms with Crippen LogP contribution in [-0.4, -0.2) is 31.2 Å². The third-order valence-electron chi connectivity index (χ3n) is 4.38. The summed E-state index contributed by atoms with van der Waals surface area (Å²) in [6, 6.07) is 9.84. The Hall–Kier alpha value is -2.63. The largest absolute Gasteiger partial charge is 0.441 e. The molecule has 6 heteroatoms. The van der Waals surface area contributed by atoms with E-state index in [1.807, 2.05) is 15.9 Å². The molecule has 1 aromatic heterocycles. The maximum absolute atomic E-state index is 14.4. The lowest BCUT2D eigenvalue weighted by atomic mass is 10.2. The van der Waals surface area contributed by atoms with Crippen molar-refractivity contribution < 1.29 is 13.2 Å². The Kier molecular flexibility index (Phi) is 3.59. The summed E-state index contributed by atoms with van der Waals surface area (Å²) >= 11 is 0. The Balaban J connectivity index is 1.55. The first-order chi connectivity index (χ1) is 11.6. The number of anilines is 2. The molecular weight excluding hydrogens is 312 g/mol. The van der Waals surface area contributed by atoms with Crippen LogP contribution in [0.2, 0.25) is 0 Å². The van der Waals surface area contributed by atoms with Gasteiger partial charge in [0.05, 0.1) is 11.4 Å². The number of hydrogen-bond acceptors (Lipinski definition) is 4. The molecule has 24 heavy (non-hydrogen) atoms. The topological polar surface area (TPSA) is 32.5 Å². The molecule has 4 rings (SSSR count). The van der Waals surface area contributed by atoms with E-state index < -0.39 is 0 Å². The van der Waals surface area contributed by atoms with E-state index in [9.17, 15) is 8.78 Å². The molecule has 2 heterocycles. The maximum Gasteiger partial charge on any atom is 0.192 e. The van der Waals surface area contributed by atoms with Crippen LogP contribution in [0.15, 0.2) is 40.8 Å². The summed E-state index contributed by atoms with van der Waals surface area (Å²) < 4.78 is 33.8. The van der Waals surface area contributed by atoms with Crippen molar-refractivity contribution in [1.29, 1.82) is 0 Å². The van der Waals surface area contributed by atoms with Gasteiger partial charge in [0.2, 0.25) is 0 Å². The smallest absolute Gasteiger partial charge is 0.192 e. The summed E-state index contributed by atoms with van der Waals surface area (Å²) in [7, 11) is 0. The van der Waals surface area contributed by atoms with Gasteiger partial charge in [0.1, 0.15) is 17.2 Å². The van der Waals surface area contributed by atoms with Gasteiger partial charge in [-0.05, 0) is 12.1 Å². The van der Waals surface area contributed by atoms with Crippen molar-refractivity contribution in [2.24, 2.45) is 0 Å². The first kappa shape index (κ1) is 14.9. The van der Waals surface area contributed by atoms with E-state index in [0.717, 1.165) is 0 Å². The van der Waals surface area contributed by atoms with Gasteiger partial charge in [-0.25, -0.2) is 13.8 Å². The van der Waals surface area contributed by atoms with E-state index in [4.69, 9.17) is 4.42 Å². The van der Waals surface area contributed by atoms with Crippen molar-refractivity contribution in [2.75, 3.05) is 36.0 Å². The van der Waals surface area contributed by atoms with Gasteiger partial charge in [-0.2, -0.15) is 0 Å². The lowest BCUT2D eigenvalue weighted by Crippen LogP contribution is -2.47. The highest BCUT2D eigenvalue weighted by Crippen LogP contribution is 2.28. The highest BCUT2D eigenvalue weighted by atomic mass is 19.1. The molecule has 0 atom stereocenters. The number of rotatable bonds is 2. The van der Waals surface area contributed by atoms with Crippen LogP contribution in [0.5, 0.6) is 0 Å². The maximum atomic E-state index is 14.4. The van der Waals surface area contributed by atoms with Gasteiger partial charge in [0.25, 0.3) is 0 Å². The standard InChI is InChI=1S/C18H17F2N3O/c1-12-21-15-10-14(20)17(11-18(15)24-12)23-8-6-22(7-9-23)16-5-3-2-4-13(16)19/h2-5,10-11H,6-9H2,1H3. The van der Waals surface area contributed by atoms with Crippen LogP contribution < -0.4 is 9.80 Å². The first-order valence-electron chi connectivity index (χ1n) is 7.93. The third kappa shape index (κ3) is 2.58. The molecule has 0 amide bonds. The summed E-state index contributed by atoms with van der Waals surface area (Å²) in [6.45, 7) is 4.24. The van der Waals surface area contributed by atoms with Crippen LogP contribution in [0.3, 0.4) is 0 Å². The number of nitrogens with zero attached hydrogens (tertiary/aromatic N) is 3. The number of para-hydroxylation sites is 1. The highest BCUT2D eigenvalue weighted by Gasteiger charge is 2.22. The molecule has 1 aliphatic rings. The number of oxazole rings is 1. The molecule has 0 aliphatic carbocycles. The SMILES string of the molecule is Cc1nc2cc(F)c(N3CCN(c4ccccc4F)CC3)cc2o1. The zero-order valence-electron chi connectivity index (χ0n) is 13.3. The molecule has 0 spiro atoms. The van der Waals surface area contributed by atoms with Crippen LogP contribution in [0, 0.1) is 18.6 Å². The predicted molar refractivity (Wildman–Crippen MR) is 89.5 cm³/mol. The Morgan fingerprint density at radius 1 is 0.917 bits per heavy atom. The number of benzene rings is 2. The quantitative estimate of drug-likeness (QED) is 0.717. The fourth-order valence-electron chi connectivity index (χ4n) is 3.19. The highest BCUT2D eigenvalue weighted by molar-refractivity contribution is 5.78. The van der Waals surface area contributed by atoms with Crippen LogP contribution >= 0.6 is 0 Å². The Labute approximate surface area is 138 Å². The second-order valence-electron chi connectivity index (χ2n) is 5.93. The molecular formula is C18H17F2N3O. The second kappa shape index (κ2) is 5.78. The first-order valence-corrected chi connectivity index (χ1v) is 7.93. The molecule has 3 aromatic rings. The van der Waals surface area contributed by atoms with Crippen molar-refractivity contribution in [3.63, 3.8) is 0 Å². The minimum Gasteiger partial charge on any atom is -0.441 e. The van der Waals surface area contributed by atoms with E-state index in [1.165, 1.54) is 12.1 Å². The molecule has 4 nitrogen and oxygen atoms in total. The molecule has 124 valence electrons. The molecule has 1 fully saturated rings. The van der Waals surface area contributed by atoms with E-state index in [1.54, 1.807) is 25.1 Å². The number of piperazine rings is 1. The fraction of sp³-hybridized carbons (Fsp3) is 0.278. The number of hydrogen-bond donors (Lipinski definition) is 0. The summed E-state index contributed by atoms with van der Waals surface area (Å²) in [5, 5.41) is 0. The second-order valence-corrected chi connectivity index (χ2v) is 5.93. The van der Waals surface area contributed by atoms with Gasteiger partial charge in [-0.3, -0.25) is 0 Å². The van der Waals surface area contributed by atoms with E-state index in [0.29, 0.717) is 54.5 Å². The molecule has 1 saturated heterocycles. The number of halogens is 2. The van der Waals surface area contributed by atoms with Gasteiger partial charge < -0.3 is 14.2 Å². The van der Waals surface area contributed by atoms with E-state index in [2.05, 4.69) is 4.98 Å². The van der Waals surface area contributed by atoms with Crippen LogP contribution in [-0.2, 0) is 0 Å². The molecule has 2 aromatic carbocycles. The van der Waals surface area contributed by atoms with Gasteiger partial charge in [-0.15, -0.1) is 0 Å². The molecule has 0 saturated carbocycles. The Morgan fingerprint density at radius 2 is 1.58 bits per heavy atom. The summed E-state index contributed by atoms with van der Waals surface area (Å²) in [5.41, 5.74) is 2.21. The van der Waals surface area contributed by atoms with Gasteiger partial charge in [0.15, 0.2) is 11.5 Å². The predicted octanol–water partition coefficient (Wildman–Crippen LogP) is 3.74. The zero-order valence-corrected chi connectivity index (χ0v) is 13.3. The number of aromatic nitrogens is 1. The Morgan fingerprint density at radius 3 is 2.29 bits per heavy atom. The molecule has 0 radical (unpaired) electrons. The minimum absolute atomic E-state index is 0.226. The van der Waals surface area contributed by atoms with Crippen molar-refractivity contribution in [3.8, 4) is 0 Å². The average Bonchev–Trinajstić information content (AvgIpc) is 2.94. The monoisotopic (exact) mass is 329 g/mol. The molecule has 0 N–H and O–H groups in total. The zero-order chi connectivity index (χ0) is 16.7. The van der Waals surface area contributed by atoms with Crippen molar-refractivity contribution in [2.45, 2.75) is 6.92 Å². The molecule has 1 aliphatic heterocycles. The fourth-order valence-corrected chi connectivity index (χ4v) is 3.19. The Bertz CT molecular complexity index is 885. The van der Waals surface area contributed by atoms with Crippen molar-refractivity contribution in [3.05, 3.63) is 53.9 Å². The van der Waals surface area contributed by atoms with Crippen LogP contribution in [0.1, 0.15) is 5.89 Å². The summed E-state index contributed by atoms with van der Waals surface area (Å²) in [4.78, 5) is 8.10. The number of aryl methyl sites for hydroxylation is 1. The average molecular weight is 329 g/mol. The van der Waals surface area contributed by atoms with Gasteiger partial charge in [0, 0.05) is 45.2 Å². The normalized spacial score (nSPS) is 15.3.